The van der Waals surface area contributed by atoms with E-state index < -0.39 is 0 Å². The van der Waals surface area contributed by atoms with Crippen LogP contribution in [0.2, 0.25) is 0 Å². The molecule has 0 unspecified atom stereocenters. The minimum absolute atomic E-state index is 1.13. The topological polar surface area (TPSA) is 16.3 Å². The predicted octanol–water partition coefficient (Wildman–Crippen LogP) is 11.4. The molecule has 7 aromatic carbocycles. The van der Waals surface area contributed by atoms with Gasteiger partial charge in [-0.25, -0.2) is 0 Å². The van der Waals surface area contributed by atoms with Crippen LogP contribution < -0.4 is 9.80 Å². The fourth-order valence-electron chi connectivity index (χ4n) is 8.13. The first-order valence-corrected chi connectivity index (χ1v) is 15.8. The monoisotopic (exact) mass is 586 g/mol. The predicted molar refractivity (Wildman–Crippen MR) is 192 cm³/mol. The van der Waals surface area contributed by atoms with Crippen molar-refractivity contribution in [3.05, 3.63) is 158 Å². The van der Waals surface area contributed by atoms with Gasteiger partial charge in [0.1, 0.15) is 0 Å². The molecule has 4 heteroatoms. The van der Waals surface area contributed by atoms with Gasteiger partial charge in [-0.05, 0) is 66.7 Å². The molecule has 4 nitrogen and oxygen atoms in total. The number of benzene rings is 7. The van der Waals surface area contributed by atoms with Crippen molar-refractivity contribution in [3.63, 3.8) is 0 Å². The summed E-state index contributed by atoms with van der Waals surface area (Å²) in [5, 5.41) is 5.10. The molecule has 0 saturated carbocycles. The van der Waals surface area contributed by atoms with Crippen LogP contribution >= 0.6 is 0 Å². The zero-order valence-corrected chi connectivity index (χ0v) is 24.8. The van der Waals surface area contributed by atoms with E-state index in [4.69, 9.17) is 0 Å². The lowest BCUT2D eigenvalue weighted by molar-refractivity contribution is 1.10. The van der Waals surface area contributed by atoms with E-state index in [1.165, 1.54) is 77.7 Å². The van der Waals surface area contributed by atoms with Crippen LogP contribution in [-0.4, -0.2) is 9.13 Å². The summed E-state index contributed by atoms with van der Waals surface area (Å²) in [6.45, 7) is 0. The fourth-order valence-corrected chi connectivity index (χ4v) is 8.13. The van der Waals surface area contributed by atoms with E-state index in [0.29, 0.717) is 0 Å². The van der Waals surface area contributed by atoms with Gasteiger partial charge < -0.3 is 18.9 Å². The van der Waals surface area contributed by atoms with Crippen molar-refractivity contribution in [1.29, 1.82) is 0 Å². The Morgan fingerprint density at radius 3 is 1.15 bits per heavy atom. The smallest absolute Gasteiger partial charge is 0.0783 e. The molecule has 0 atom stereocenters. The van der Waals surface area contributed by atoms with Crippen molar-refractivity contribution < 1.29 is 0 Å². The number of anilines is 6. The van der Waals surface area contributed by atoms with E-state index >= 15 is 0 Å². The molecule has 0 spiro atoms. The normalized spacial score (nSPS) is 13.1. The van der Waals surface area contributed by atoms with Gasteiger partial charge in [-0.2, -0.15) is 0 Å². The number of hydrogen-bond acceptors (Lipinski definition) is 2. The molecule has 46 heavy (non-hydrogen) atoms. The lowest BCUT2D eigenvalue weighted by Gasteiger charge is -2.35. The Labute approximate surface area is 265 Å². The Kier molecular flexibility index (Phi) is 4.55. The molecule has 0 fully saturated rings. The molecule has 9 aromatic rings. The van der Waals surface area contributed by atoms with Gasteiger partial charge in [0.15, 0.2) is 0 Å². The third-order valence-corrected chi connectivity index (χ3v) is 9.90. The van der Waals surface area contributed by atoms with Gasteiger partial charge in [0.05, 0.1) is 56.2 Å². The lowest BCUT2D eigenvalue weighted by atomic mass is 10.1. The summed E-state index contributed by atoms with van der Waals surface area (Å²) in [4.78, 5) is 4.88. The van der Waals surface area contributed by atoms with Crippen LogP contribution in [0.15, 0.2) is 158 Å². The van der Waals surface area contributed by atoms with Gasteiger partial charge in [0.25, 0.3) is 0 Å². The van der Waals surface area contributed by atoms with Crippen LogP contribution in [0, 0.1) is 0 Å². The quantitative estimate of drug-likeness (QED) is 0.200. The first-order chi connectivity index (χ1) is 22.9. The Morgan fingerprint density at radius 2 is 0.652 bits per heavy atom. The molecule has 2 aliphatic rings. The maximum atomic E-state index is 2.44. The number of nitrogens with zero attached hydrogens (tertiary/aromatic N) is 4. The van der Waals surface area contributed by atoms with E-state index in [-0.39, 0.29) is 0 Å². The first-order valence-electron chi connectivity index (χ1n) is 15.8. The molecule has 0 amide bonds. The van der Waals surface area contributed by atoms with Crippen molar-refractivity contribution in [2.75, 3.05) is 9.80 Å². The average Bonchev–Trinajstić information content (AvgIpc) is 3.64. The summed E-state index contributed by atoms with van der Waals surface area (Å²) < 4.78 is 4.88. The van der Waals surface area contributed by atoms with Crippen molar-refractivity contribution in [2.45, 2.75) is 0 Å². The van der Waals surface area contributed by atoms with Gasteiger partial charge in [-0.15, -0.1) is 0 Å². The minimum Gasteiger partial charge on any atom is -0.306 e. The molecule has 2 aliphatic heterocycles. The second-order valence-electron chi connectivity index (χ2n) is 12.2. The molecular formula is C42H26N4. The van der Waals surface area contributed by atoms with Crippen molar-refractivity contribution >= 4 is 77.7 Å². The fraction of sp³-hybridized carbons (Fsp3) is 0. The molecule has 0 aliphatic carbocycles. The molecule has 0 N–H and O–H groups in total. The number of hydrogen-bond donors (Lipinski definition) is 0. The Hall–Kier alpha value is -6.26. The third kappa shape index (κ3) is 2.94. The van der Waals surface area contributed by atoms with E-state index in [2.05, 4.69) is 177 Å². The van der Waals surface area contributed by atoms with Crippen molar-refractivity contribution in [3.8, 4) is 11.4 Å². The Balaban J connectivity index is 1.18. The molecule has 0 radical (unpaired) electrons. The summed E-state index contributed by atoms with van der Waals surface area (Å²) >= 11 is 0. The van der Waals surface area contributed by atoms with Crippen molar-refractivity contribution in [2.24, 2.45) is 0 Å². The third-order valence-electron chi connectivity index (χ3n) is 9.90. The highest BCUT2D eigenvalue weighted by atomic mass is 15.2. The highest BCUT2D eigenvalue weighted by Gasteiger charge is 2.31. The minimum atomic E-state index is 1.13. The number of aromatic nitrogens is 2. The second-order valence-corrected chi connectivity index (χ2v) is 12.2. The maximum Gasteiger partial charge on any atom is 0.0783 e. The van der Waals surface area contributed by atoms with Gasteiger partial charge in [-0.1, -0.05) is 91.0 Å². The summed E-state index contributed by atoms with van der Waals surface area (Å²) in [5.74, 6) is 0. The van der Waals surface area contributed by atoms with Crippen LogP contribution in [-0.2, 0) is 0 Å². The summed E-state index contributed by atoms with van der Waals surface area (Å²) in [7, 11) is 0. The zero-order valence-electron chi connectivity index (χ0n) is 24.8. The van der Waals surface area contributed by atoms with E-state index in [0.717, 1.165) is 11.4 Å². The molecule has 4 heterocycles. The van der Waals surface area contributed by atoms with Crippen LogP contribution in [0.3, 0.4) is 0 Å². The second kappa shape index (κ2) is 8.68. The Bertz CT molecular complexity index is 2540. The molecule has 11 rings (SSSR count). The zero-order chi connectivity index (χ0) is 29.9. The molecule has 2 aromatic heterocycles. The number of para-hydroxylation sites is 8. The SMILES string of the molecule is c1cc(N2c3ccccc3-n3c4ccccc4c4cccc2c43)cc(N2c3ccccc3-n3c4ccccc4c4cccc2c43)c1. The highest BCUT2D eigenvalue weighted by molar-refractivity contribution is 6.18. The summed E-state index contributed by atoms with van der Waals surface area (Å²) in [5.41, 5.74) is 14.3. The number of rotatable bonds is 2. The standard InChI is InChI=1S/C42H26N4/c1-3-18-33-29(14-1)31-16-10-24-39-41(31)45(33)37-22-7-5-20-35(37)43(39)27-12-9-13-28(26-27)44-36-21-6-8-23-38(36)46-34-19-4-2-15-30(34)32-17-11-25-40(44)42(32)46/h1-26H. The molecule has 0 saturated heterocycles. The van der Waals surface area contributed by atoms with Crippen LogP contribution in [0.5, 0.6) is 0 Å². The van der Waals surface area contributed by atoms with Gasteiger partial charge in [-0.3, -0.25) is 0 Å². The van der Waals surface area contributed by atoms with Gasteiger partial charge >= 0.3 is 0 Å². The molecule has 0 bridgehead atoms. The Morgan fingerprint density at radius 1 is 0.283 bits per heavy atom. The molecular weight excluding hydrogens is 560 g/mol. The molecule has 214 valence electrons. The van der Waals surface area contributed by atoms with Crippen molar-refractivity contribution in [1.82, 2.24) is 9.13 Å². The van der Waals surface area contributed by atoms with Crippen LogP contribution in [0.1, 0.15) is 0 Å². The maximum absolute atomic E-state index is 2.44. The summed E-state index contributed by atoms with van der Waals surface area (Å²) in [6.07, 6.45) is 0. The highest BCUT2D eigenvalue weighted by Crippen LogP contribution is 2.52. The van der Waals surface area contributed by atoms with Gasteiger partial charge in [0.2, 0.25) is 0 Å². The first kappa shape index (κ1) is 24.1. The number of fused-ring (bicyclic) bond motifs is 10. The summed E-state index contributed by atoms with van der Waals surface area (Å²) in [6, 6.07) is 57.5. The van der Waals surface area contributed by atoms with E-state index in [1.807, 2.05) is 0 Å². The van der Waals surface area contributed by atoms with E-state index in [9.17, 15) is 0 Å². The van der Waals surface area contributed by atoms with Crippen LogP contribution in [0.25, 0.3) is 55.0 Å². The van der Waals surface area contributed by atoms with Crippen LogP contribution in [0.4, 0.5) is 34.1 Å². The average molecular weight is 587 g/mol. The lowest BCUT2D eigenvalue weighted by Crippen LogP contribution is -2.20. The van der Waals surface area contributed by atoms with Gasteiger partial charge in [0, 0.05) is 32.9 Å². The van der Waals surface area contributed by atoms with E-state index in [1.54, 1.807) is 0 Å². The largest absolute Gasteiger partial charge is 0.306 e.